The highest BCUT2D eigenvalue weighted by molar-refractivity contribution is 6.45. The predicted octanol–water partition coefficient (Wildman–Crippen LogP) is 12.2. The van der Waals surface area contributed by atoms with Gasteiger partial charge in [0.2, 0.25) is 11.8 Å². The van der Waals surface area contributed by atoms with Crippen LogP contribution in [-0.2, 0) is 9.59 Å². The number of nitrogens with zero attached hydrogens (tertiary/aromatic N) is 4. The van der Waals surface area contributed by atoms with Gasteiger partial charge < -0.3 is 49.2 Å². The third kappa shape index (κ3) is 11.5. The Hall–Kier alpha value is -9.46. The van der Waals surface area contributed by atoms with Crippen LogP contribution in [0.5, 0.6) is 46.0 Å². The van der Waals surface area contributed by atoms with Gasteiger partial charge in [0.1, 0.15) is 59.1 Å². The molecule has 18 nitrogen and oxygen atoms in total. The molecule has 0 aromatic heterocycles. The van der Waals surface area contributed by atoms with E-state index >= 15 is 19.2 Å². The van der Waals surface area contributed by atoms with Gasteiger partial charge in [-0.15, -0.1) is 0 Å². The molecule has 2 aliphatic heterocycles. The quantitative estimate of drug-likeness (QED) is 0.0250. The Kier molecular flexibility index (Phi) is 17.7. The van der Waals surface area contributed by atoms with Gasteiger partial charge in [0.25, 0.3) is 23.6 Å². The number of amides is 6. The predicted molar refractivity (Wildman–Crippen MR) is 342 cm³/mol. The number of carbonyl (C=O) groups excluding carboxylic acids is 6. The van der Waals surface area contributed by atoms with Crippen molar-refractivity contribution >= 4 is 78.5 Å². The number of fused-ring (bicyclic) bond motifs is 2. The number of aliphatic hydroxyl groups excluding tert-OH is 4. The normalized spacial score (nSPS) is 13.2. The monoisotopic (exact) mass is 1220 g/mol. The largest absolute Gasteiger partial charge is 0.457 e. The van der Waals surface area contributed by atoms with Gasteiger partial charge in [-0.3, -0.25) is 38.6 Å². The number of aliphatic hydroxyl groups is 4. The SMILES string of the molecule is CC(C)c1ccc(Oc2cc3c4c(cc(Oc5ccc(C(C)C)cc5)c5c6c(Oc7ccc(C(C)C)cc7)cc7c8c(cc(Oc9ccc(C(C)C)cc9)c(c2c45)c86)C(=O)N(CC(=O)N(CCO)CCO)C7=O)C(=O)N(CC(=O)N(CCO)CCO)C3=O)cc1. The molecule has 2 aliphatic rings. The molecule has 9 aromatic carbocycles. The van der Waals surface area contributed by atoms with Gasteiger partial charge in [-0.2, -0.15) is 0 Å². The van der Waals surface area contributed by atoms with Gasteiger partial charge in [0.05, 0.1) is 48.7 Å². The Morgan fingerprint density at radius 1 is 0.344 bits per heavy atom. The van der Waals surface area contributed by atoms with E-state index in [-0.39, 0.29) is 138 Å². The van der Waals surface area contributed by atoms with E-state index in [9.17, 15) is 30.0 Å². The molecule has 0 atom stereocenters. The van der Waals surface area contributed by atoms with E-state index in [1.54, 1.807) is 48.5 Å². The Bertz CT molecular complexity index is 3750. The first-order valence-corrected chi connectivity index (χ1v) is 30.4. The van der Waals surface area contributed by atoms with Crippen molar-refractivity contribution < 1.29 is 68.1 Å². The highest BCUT2D eigenvalue weighted by Gasteiger charge is 2.43. The Labute approximate surface area is 520 Å². The fourth-order valence-electron chi connectivity index (χ4n) is 12.1. The number of benzene rings is 9. The Balaban J connectivity index is 1.32. The van der Waals surface area contributed by atoms with Gasteiger partial charge in [-0.05, 0) is 119 Å². The maximum atomic E-state index is 15.6. The number of hydrogen-bond donors (Lipinski definition) is 4. The standard InChI is InChI=1S/C72H72N4O14/c1-39(2)43-9-17-47(18-10-43)87-55-33-51-61-52(70(84)75(69(51)83)37-59(81)73(25-29-77)26-30-78)35-57(89-49-21-13-45(14-22-49)41(5)6)65-66-58(90-50-23-15-46(16-24-50)42(7)8)36-54-62-53(71(85)76(72(54)86)38-60(82)74(27-31-79)28-32-80)34-56(64(68(62)66)63(55)67(61)65)88-48-19-11-44(12-20-48)40(3)4/h9-24,33-36,39-42,77-80H,25-32,37-38H2,1-8H3. The molecule has 0 aliphatic carbocycles. The summed E-state index contributed by atoms with van der Waals surface area (Å²) in [6.07, 6.45) is 0. The Morgan fingerprint density at radius 3 is 0.744 bits per heavy atom. The molecular weight excluding hydrogens is 1140 g/mol. The number of rotatable bonds is 24. The molecule has 4 N–H and O–H groups in total. The van der Waals surface area contributed by atoms with E-state index in [0.717, 1.165) is 32.1 Å². The zero-order chi connectivity index (χ0) is 64.0. The van der Waals surface area contributed by atoms with E-state index in [0.29, 0.717) is 23.0 Å². The average molecular weight is 1220 g/mol. The van der Waals surface area contributed by atoms with Crippen molar-refractivity contribution in [2.24, 2.45) is 0 Å². The van der Waals surface area contributed by atoms with E-state index in [1.165, 1.54) is 34.1 Å². The van der Waals surface area contributed by atoms with E-state index in [2.05, 4.69) is 55.4 Å². The second-order valence-corrected chi connectivity index (χ2v) is 24.0. The van der Waals surface area contributed by atoms with Gasteiger partial charge >= 0.3 is 0 Å². The maximum absolute atomic E-state index is 15.6. The highest BCUT2D eigenvalue weighted by atomic mass is 16.5. The number of imide groups is 2. The molecule has 11 rings (SSSR count). The van der Waals surface area contributed by atoms with Crippen molar-refractivity contribution in [3.63, 3.8) is 0 Å². The van der Waals surface area contributed by atoms with E-state index in [1.807, 2.05) is 48.5 Å². The topological polar surface area (TPSA) is 233 Å². The molecule has 18 heteroatoms. The lowest BCUT2D eigenvalue weighted by molar-refractivity contribution is -0.133. The lowest BCUT2D eigenvalue weighted by Crippen LogP contribution is -2.48. The molecule has 464 valence electrons. The van der Waals surface area contributed by atoms with Crippen LogP contribution in [0.25, 0.3) is 43.1 Å². The summed E-state index contributed by atoms with van der Waals surface area (Å²) in [6, 6.07) is 35.8. The van der Waals surface area contributed by atoms with Crippen LogP contribution < -0.4 is 18.9 Å². The summed E-state index contributed by atoms with van der Waals surface area (Å²) in [6.45, 7) is 12.4. The van der Waals surface area contributed by atoms with Crippen molar-refractivity contribution in [1.82, 2.24) is 19.6 Å². The van der Waals surface area contributed by atoms with Crippen molar-refractivity contribution in [2.75, 3.05) is 65.7 Å². The molecule has 90 heavy (non-hydrogen) atoms. The zero-order valence-corrected chi connectivity index (χ0v) is 51.6. The molecule has 0 fully saturated rings. The van der Waals surface area contributed by atoms with Crippen LogP contribution in [0.4, 0.5) is 0 Å². The van der Waals surface area contributed by atoms with Gasteiger partial charge in [0.15, 0.2) is 0 Å². The summed E-state index contributed by atoms with van der Waals surface area (Å²) in [5, 5.41) is 41.7. The van der Waals surface area contributed by atoms with Crippen LogP contribution in [-0.4, -0.2) is 141 Å². The highest BCUT2D eigenvalue weighted by Crippen LogP contribution is 2.58. The minimum absolute atomic E-state index is 0.0375. The fraction of sp³-hybridized carbons (Fsp3) is 0.306. The summed E-state index contributed by atoms with van der Waals surface area (Å²) in [7, 11) is 0. The fourth-order valence-corrected chi connectivity index (χ4v) is 12.1. The summed E-state index contributed by atoms with van der Waals surface area (Å²) < 4.78 is 28.4. The minimum atomic E-state index is -0.855. The smallest absolute Gasteiger partial charge is 0.262 e. The van der Waals surface area contributed by atoms with Crippen LogP contribution in [0.15, 0.2) is 121 Å². The lowest BCUT2D eigenvalue weighted by Gasteiger charge is -2.33. The molecule has 0 radical (unpaired) electrons. The van der Waals surface area contributed by atoms with E-state index in [4.69, 9.17) is 18.9 Å². The van der Waals surface area contributed by atoms with Crippen LogP contribution in [0.1, 0.15) is 143 Å². The number of ether oxygens (including phenoxy) is 4. The van der Waals surface area contributed by atoms with Crippen molar-refractivity contribution in [1.29, 1.82) is 0 Å². The van der Waals surface area contributed by atoms with Crippen LogP contribution in [0, 0.1) is 0 Å². The number of carbonyl (C=O) groups is 6. The first kappa shape index (κ1) is 62.2. The molecule has 0 spiro atoms. The van der Waals surface area contributed by atoms with Crippen LogP contribution in [0.2, 0.25) is 0 Å². The van der Waals surface area contributed by atoms with Gasteiger partial charge in [-0.1, -0.05) is 104 Å². The molecule has 6 amide bonds. The molecule has 2 heterocycles. The maximum Gasteiger partial charge on any atom is 0.262 e. The summed E-state index contributed by atoms with van der Waals surface area (Å²) >= 11 is 0. The Morgan fingerprint density at radius 2 is 0.556 bits per heavy atom. The van der Waals surface area contributed by atoms with Gasteiger partial charge in [-0.25, -0.2) is 0 Å². The second kappa shape index (κ2) is 25.6. The van der Waals surface area contributed by atoms with Crippen LogP contribution in [0.3, 0.4) is 0 Å². The zero-order valence-electron chi connectivity index (χ0n) is 51.6. The molecule has 0 bridgehead atoms. The first-order valence-electron chi connectivity index (χ1n) is 30.4. The molecule has 0 unspecified atom stereocenters. The van der Waals surface area contributed by atoms with Crippen molar-refractivity contribution in [3.05, 3.63) is 166 Å². The average Bonchev–Trinajstić information content (AvgIpc) is 0.674. The minimum Gasteiger partial charge on any atom is -0.457 e. The van der Waals surface area contributed by atoms with Crippen molar-refractivity contribution in [2.45, 2.75) is 79.1 Å². The van der Waals surface area contributed by atoms with E-state index < -0.39 is 75.0 Å². The molecule has 0 saturated heterocycles. The third-order valence-electron chi connectivity index (χ3n) is 16.9. The second-order valence-electron chi connectivity index (χ2n) is 24.0. The first-order chi connectivity index (χ1) is 43.2. The van der Waals surface area contributed by atoms with Crippen LogP contribution >= 0.6 is 0 Å². The van der Waals surface area contributed by atoms with Crippen molar-refractivity contribution in [3.8, 4) is 46.0 Å². The lowest BCUT2D eigenvalue weighted by atomic mass is 9.80. The molecular formula is C72H72N4O14. The number of hydrogen-bond acceptors (Lipinski definition) is 14. The van der Waals surface area contributed by atoms with Gasteiger partial charge in [0, 0.05) is 69.3 Å². The summed E-state index contributed by atoms with van der Waals surface area (Å²) in [5.74, 6) is -2.65. The third-order valence-corrected chi connectivity index (χ3v) is 16.9. The molecule has 0 saturated carbocycles. The summed E-state index contributed by atoms with van der Waals surface area (Å²) in [5.41, 5.74) is 3.89. The molecule has 9 aromatic rings. The summed E-state index contributed by atoms with van der Waals surface area (Å²) in [4.78, 5) is 94.8.